The third-order valence-electron chi connectivity index (χ3n) is 4.22. The maximum absolute atomic E-state index is 12.5. The van der Waals surface area contributed by atoms with Crippen LogP contribution in [0.5, 0.6) is 5.75 Å². The summed E-state index contributed by atoms with van der Waals surface area (Å²) in [6, 6.07) is 7.59. The monoisotopic (exact) mass is 289 g/mol. The summed E-state index contributed by atoms with van der Waals surface area (Å²) in [6.45, 7) is 7.01. The second-order valence-electron chi connectivity index (χ2n) is 5.86. The SMILES string of the molecule is CCCCOc1ccc(C(=O)C(C)N2CCCCC2)cc1. The first-order chi connectivity index (χ1) is 10.2. The van der Waals surface area contributed by atoms with Gasteiger partial charge in [0.25, 0.3) is 0 Å². The zero-order valence-corrected chi connectivity index (χ0v) is 13.3. The van der Waals surface area contributed by atoms with Crippen molar-refractivity contribution >= 4 is 5.78 Å². The van der Waals surface area contributed by atoms with E-state index in [1.165, 1.54) is 19.3 Å². The summed E-state index contributed by atoms with van der Waals surface area (Å²) in [5, 5.41) is 0. The van der Waals surface area contributed by atoms with Gasteiger partial charge in [-0.25, -0.2) is 0 Å². The number of likely N-dealkylation sites (tertiary alicyclic amines) is 1. The maximum atomic E-state index is 12.5. The molecule has 0 aromatic heterocycles. The summed E-state index contributed by atoms with van der Waals surface area (Å²) in [5.41, 5.74) is 0.788. The van der Waals surface area contributed by atoms with E-state index in [-0.39, 0.29) is 11.8 Å². The molecule has 1 aromatic rings. The van der Waals surface area contributed by atoms with Gasteiger partial charge in [-0.3, -0.25) is 9.69 Å². The predicted octanol–water partition coefficient (Wildman–Crippen LogP) is 3.92. The molecule has 1 saturated heterocycles. The highest BCUT2D eigenvalue weighted by Crippen LogP contribution is 2.18. The highest BCUT2D eigenvalue weighted by atomic mass is 16.5. The number of hydrogen-bond donors (Lipinski definition) is 0. The van der Waals surface area contributed by atoms with E-state index in [4.69, 9.17) is 4.74 Å². The normalized spacial score (nSPS) is 17.4. The second kappa shape index (κ2) is 8.18. The van der Waals surface area contributed by atoms with Crippen LogP contribution >= 0.6 is 0 Å². The fraction of sp³-hybridized carbons (Fsp3) is 0.611. The number of nitrogens with zero attached hydrogens (tertiary/aromatic N) is 1. The first-order valence-electron chi connectivity index (χ1n) is 8.23. The molecular weight excluding hydrogens is 262 g/mol. The molecule has 3 nitrogen and oxygen atoms in total. The Balaban J connectivity index is 1.92. The van der Waals surface area contributed by atoms with Crippen LogP contribution < -0.4 is 4.74 Å². The summed E-state index contributed by atoms with van der Waals surface area (Å²) in [7, 11) is 0. The summed E-state index contributed by atoms with van der Waals surface area (Å²) in [5.74, 6) is 1.07. The number of carbonyl (C=O) groups is 1. The number of benzene rings is 1. The molecule has 1 unspecified atom stereocenters. The minimum Gasteiger partial charge on any atom is -0.494 e. The molecule has 0 bridgehead atoms. The predicted molar refractivity (Wildman–Crippen MR) is 86.1 cm³/mol. The third kappa shape index (κ3) is 4.57. The van der Waals surface area contributed by atoms with E-state index in [0.29, 0.717) is 0 Å². The van der Waals surface area contributed by atoms with Crippen LogP contribution in [-0.2, 0) is 0 Å². The fourth-order valence-electron chi connectivity index (χ4n) is 2.76. The van der Waals surface area contributed by atoms with Crippen LogP contribution in [0.1, 0.15) is 56.3 Å². The first kappa shape index (κ1) is 16.0. The van der Waals surface area contributed by atoms with E-state index in [1.54, 1.807) is 0 Å². The van der Waals surface area contributed by atoms with Gasteiger partial charge in [0.1, 0.15) is 5.75 Å². The van der Waals surface area contributed by atoms with Crippen LogP contribution in [0.2, 0.25) is 0 Å². The zero-order valence-electron chi connectivity index (χ0n) is 13.3. The van der Waals surface area contributed by atoms with Gasteiger partial charge in [-0.15, -0.1) is 0 Å². The van der Waals surface area contributed by atoms with Gasteiger partial charge in [-0.1, -0.05) is 19.8 Å². The van der Waals surface area contributed by atoms with Gasteiger partial charge in [-0.2, -0.15) is 0 Å². The van der Waals surface area contributed by atoms with Crippen LogP contribution in [0, 0.1) is 0 Å². The Morgan fingerprint density at radius 3 is 2.48 bits per heavy atom. The highest BCUT2D eigenvalue weighted by Gasteiger charge is 2.23. The Morgan fingerprint density at radius 1 is 1.19 bits per heavy atom. The Kier molecular flexibility index (Phi) is 6.24. The molecule has 0 saturated carbocycles. The molecule has 3 heteroatoms. The minimum absolute atomic E-state index is 0.0165. The number of unbranched alkanes of at least 4 members (excludes halogenated alkanes) is 1. The number of carbonyl (C=O) groups excluding carboxylic acids is 1. The van der Waals surface area contributed by atoms with Crippen molar-refractivity contribution in [1.29, 1.82) is 0 Å². The number of hydrogen-bond acceptors (Lipinski definition) is 3. The van der Waals surface area contributed by atoms with Crippen molar-refractivity contribution < 1.29 is 9.53 Å². The molecule has 1 fully saturated rings. The van der Waals surface area contributed by atoms with Crippen LogP contribution in [-0.4, -0.2) is 36.4 Å². The summed E-state index contributed by atoms with van der Waals surface area (Å²) >= 11 is 0. The first-order valence-corrected chi connectivity index (χ1v) is 8.23. The number of piperidine rings is 1. The van der Waals surface area contributed by atoms with Gasteiger partial charge < -0.3 is 4.74 Å². The topological polar surface area (TPSA) is 29.5 Å². The van der Waals surface area contributed by atoms with E-state index >= 15 is 0 Å². The molecule has 0 aliphatic carbocycles. The third-order valence-corrected chi connectivity index (χ3v) is 4.22. The Bertz CT molecular complexity index is 435. The molecule has 1 aliphatic rings. The molecule has 116 valence electrons. The van der Waals surface area contributed by atoms with Crippen LogP contribution in [0.25, 0.3) is 0 Å². The average Bonchev–Trinajstić information content (AvgIpc) is 2.55. The standard InChI is InChI=1S/C18H27NO2/c1-3-4-14-21-17-10-8-16(9-11-17)18(20)15(2)19-12-6-5-7-13-19/h8-11,15H,3-7,12-14H2,1-2H3. The Morgan fingerprint density at radius 2 is 1.86 bits per heavy atom. The largest absolute Gasteiger partial charge is 0.494 e. The van der Waals surface area contributed by atoms with Crippen molar-refractivity contribution in [2.75, 3.05) is 19.7 Å². The van der Waals surface area contributed by atoms with Crippen molar-refractivity contribution in [1.82, 2.24) is 4.90 Å². The van der Waals surface area contributed by atoms with E-state index < -0.39 is 0 Å². The quantitative estimate of drug-likeness (QED) is 0.563. The number of rotatable bonds is 7. The van der Waals surface area contributed by atoms with E-state index in [2.05, 4.69) is 11.8 Å². The van der Waals surface area contributed by atoms with Gasteiger partial charge >= 0.3 is 0 Å². The molecule has 0 radical (unpaired) electrons. The van der Waals surface area contributed by atoms with Crippen molar-refractivity contribution in [3.05, 3.63) is 29.8 Å². The molecule has 2 rings (SSSR count). The Hall–Kier alpha value is -1.35. The highest BCUT2D eigenvalue weighted by molar-refractivity contribution is 5.99. The van der Waals surface area contributed by atoms with E-state index in [0.717, 1.165) is 43.9 Å². The van der Waals surface area contributed by atoms with Gasteiger partial charge in [0.05, 0.1) is 12.6 Å². The maximum Gasteiger partial charge on any atom is 0.179 e. The molecule has 1 aromatic carbocycles. The second-order valence-corrected chi connectivity index (χ2v) is 5.86. The summed E-state index contributed by atoms with van der Waals surface area (Å²) in [6.07, 6.45) is 5.90. The van der Waals surface area contributed by atoms with Gasteiger partial charge in [0, 0.05) is 5.56 Å². The summed E-state index contributed by atoms with van der Waals surface area (Å²) in [4.78, 5) is 14.8. The van der Waals surface area contributed by atoms with Crippen LogP contribution in [0.4, 0.5) is 0 Å². The fourth-order valence-corrected chi connectivity index (χ4v) is 2.76. The smallest absolute Gasteiger partial charge is 0.179 e. The molecule has 0 N–H and O–H groups in total. The molecule has 1 aliphatic heterocycles. The molecule has 1 heterocycles. The zero-order chi connectivity index (χ0) is 15.1. The number of ether oxygens (including phenoxy) is 1. The molecule has 1 atom stereocenters. The van der Waals surface area contributed by atoms with Crippen molar-refractivity contribution in [2.45, 2.75) is 52.0 Å². The molecule has 0 amide bonds. The lowest BCUT2D eigenvalue weighted by Gasteiger charge is -2.31. The van der Waals surface area contributed by atoms with E-state index in [1.807, 2.05) is 31.2 Å². The van der Waals surface area contributed by atoms with Crippen molar-refractivity contribution in [3.63, 3.8) is 0 Å². The number of Topliss-reactive ketones (excluding diaryl/α,β-unsaturated/α-hetero) is 1. The number of ketones is 1. The van der Waals surface area contributed by atoms with Crippen LogP contribution in [0.15, 0.2) is 24.3 Å². The van der Waals surface area contributed by atoms with Crippen molar-refractivity contribution in [3.8, 4) is 5.75 Å². The lowest BCUT2D eigenvalue weighted by molar-refractivity contribution is 0.0809. The summed E-state index contributed by atoms with van der Waals surface area (Å²) < 4.78 is 5.64. The average molecular weight is 289 g/mol. The lowest BCUT2D eigenvalue weighted by atomic mass is 10.0. The van der Waals surface area contributed by atoms with Crippen molar-refractivity contribution in [2.24, 2.45) is 0 Å². The lowest BCUT2D eigenvalue weighted by Crippen LogP contribution is -2.42. The van der Waals surface area contributed by atoms with Gasteiger partial charge in [-0.05, 0) is 63.5 Å². The van der Waals surface area contributed by atoms with Gasteiger partial charge in [0.2, 0.25) is 0 Å². The molecular formula is C18H27NO2. The minimum atomic E-state index is -0.0165. The van der Waals surface area contributed by atoms with Gasteiger partial charge in [0.15, 0.2) is 5.78 Å². The van der Waals surface area contributed by atoms with Crippen LogP contribution in [0.3, 0.4) is 0 Å². The Labute approximate surface area is 128 Å². The molecule has 0 spiro atoms. The van der Waals surface area contributed by atoms with E-state index in [9.17, 15) is 4.79 Å². The molecule has 21 heavy (non-hydrogen) atoms.